The highest BCUT2D eigenvalue weighted by molar-refractivity contribution is 7.99. The van der Waals surface area contributed by atoms with Crippen molar-refractivity contribution in [3.8, 4) is 0 Å². The molecule has 0 aromatic heterocycles. The van der Waals surface area contributed by atoms with Gasteiger partial charge in [0.05, 0.1) is 6.54 Å². The smallest absolute Gasteiger partial charge is 0.372 e. The Kier molecular flexibility index (Phi) is 6.65. The standard InChI is InChI=1S/C21H23F3N2O2S/c1-15(25-27)16-6-8-18(9-7-16)29-19-5-3-4-17(12-19)20(28-2)10-11-26(13-20)14-21(22,23)24/h3-9,12,15H,10-11,13-14H2,1-2H3. The lowest BCUT2D eigenvalue weighted by molar-refractivity contribution is -0.146. The molecule has 1 aliphatic heterocycles. The highest BCUT2D eigenvalue weighted by Gasteiger charge is 2.43. The number of ether oxygens (including phenoxy) is 1. The molecule has 0 amide bonds. The van der Waals surface area contributed by atoms with Crippen LogP contribution >= 0.6 is 11.8 Å². The zero-order valence-electron chi connectivity index (χ0n) is 16.3. The fraction of sp³-hybridized carbons (Fsp3) is 0.429. The largest absolute Gasteiger partial charge is 0.401 e. The molecule has 3 rings (SSSR count). The predicted molar refractivity (Wildman–Crippen MR) is 107 cm³/mol. The van der Waals surface area contributed by atoms with E-state index >= 15 is 0 Å². The molecular formula is C21H23F3N2O2S. The SMILES string of the molecule is COC1(c2cccc(Sc3ccc(C(C)N=O)cc3)c2)CCN(CC(F)(F)F)C1. The Morgan fingerprint density at radius 3 is 2.55 bits per heavy atom. The van der Waals surface area contributed by atoms with Gasteiger partial charge in [0.2, 0.25) is 0 Å². The third-order valence-corrected chi connectivity index (χ3v) is 6.22. The minimum absolute atomic E-state index is 0.211. The van der Waals surface area contributed by atoms with E-state index in [1.165, 1.54) is 4.90 Å². The number of benzene rings is 2. The first kappa shape index (κ1) is 21.8. The van der Waals surface area contributed by atoms with Crippen molar-refractivity contribution < 1.29 is 17.9 Å². The molecule has 0 saturated carbocycles. The van der Waals surface area contributed by atoms with Crippen LogP contribution in [0, 0.1) is 4.91 Å². The van der Waals surface area contributed by atoms with Gasteiger partial charge in [0.25, 0.3) is 0 Å². The number of alkyl halides is 3. The Morgan fingerprint density at radius 2 is 1.93 bits per heavy atom. The van der Waals surface area contributed by atoms with Crippen LogP contribution in [0.2, 0.25) is 0 Å². The Morgan fingerprint density at radius 1 is 1.21 bits per heavy atom. The van der Waals surface area contributed by atoms with Gasteiger partial charge in [-0.25, -0.2) is 0 Å². The van der Waals surface area contributed by atoms with E-state index in [0.717, 1.165) is 20.9 Å². The summed E-state index contributed by atoms with van der Waals surface area (Å²) in [5.74, 6) is 0. The number of hydrogen-bond acceptors (Lipinski definition) is 5. The fourth-order valence-corrected chi connectivity index (χ4v) is 4.50. The zero-order valence-corrected chi connectivity index (χ0v) is 17.1. The molecule has 1 heterocycles. The molecule has 0 aliphatic carbocycles. The van der Waals surface area contributed by atoms with Gasteiger partial charge in [-0.05, 0) is 48.7 Å². The highest BCUT2D eigenvalue weighted by Crippen LogP contribution is 2.39. The maximum Gasteiger partial charge on any atom is 0.401 e. The zero-order chi connectivity index (χ0) is 21.1. The summed E-state index contributed by atoms with van der Waals surface area (Å²) in [6.45, 7) is 1.37. The molecule has 2 atom stereocenters. The first-order chi connectivity index (χ1) is 13.7. The van der Waals surface area contributed by atoms with Crippen molar-refractivity contribution in [3.05, 3.63) is 64.6 Å². The third-order valence-electron chi connectivity index (χ3n) is 5.22. The van der Waals surface area contributed by atoms with Gasteiger partial charge in [-0.3, -0.25) is 4.90 Å². The van der Waals surface area contributed by atoms with Gasteiger partial charge in [-0.2, -0.15) is 18.1 Å². The number of halogens is 3. The Bertz CT molecular complexity index is 845. The van der Waals surface area contributed by atoms with E-state index in [-0.39, 0.29) is 12.6 Å². The second-order valence-corrected chi connectivity index (χ2v) is 8.40. The number of methoxy groups -OCH3 is 1. The number of nitrogens with zero attached hydrogens (tertiary/aromatic N) is 2. The summed E-state index contributed by atoms with van der Waals surface area (Å²) in [4.78, 5) is 14.0. The predicted octanol–water partition coefficient (Wildman–Crippen LogP) is 5.77. The van der Waals surface area contributed by atoms with E-state index in [1.54, 1.807) is 25.8 Å². The number of hydrogen-bond donors (Lipinski definition) is 0. The second-order valence-electron chi connectivity index (χ2n) is 7.25. The van der Waals surface area contributed by atoms with Crippen LogP contribution in [-0.4, -0.2) is 37.8 Å². The average molecular weight is 424 g/mol. The van der Waals surface area contributed by atoms with Crippen LogP contribution in [0.25, 0.3) is 0 Å². The molecule has 2 unspecified atom stereocenters. The van der Waals surface area contributed by atoms with Gasteiger partial charge in [-0.15, -0.1) is 0 Å². The molecule has 2 aromatic carbocycles. The minimum atomic E-state index is -4.22. The molecule has 0 bridgehead atoms. The number of likely N-dealkylation sites (tertiary alicyclic amines) is 1. The Balaban J connectivity index is 1.75. The van der Waals surface area contributed by atoms with Gasteiger partial charge in [0.1, 0.15) is 11.6 Å². The molecule has 29 heavy (non-hydrogen) atoms. The van der Waals surface area contributed by atoms with Crippen molar-refractivity contribution in [2.75, 3.05) is 26.7 Å². The van der Waals surface area contributed by atoms with Crippen molar-refractivity contribution in [1.82, 2.24) is 4.90 Å². The summed E-state index contributed by atoms with van der Waals surface area (Å²) in [7, 11) is 1.55. The van der Waals surface area contributed by atoms with E-state index in [9.17, 15) is 18.1 Å². The van der Waals surface area contributed by atoms with Crippen LogP contribution in [0.3, 0.4) is 0 Å². The first-order valence-electron chi connectivity index (χ1n) is 9.30. The topological polar surface area (TPSA) is 41.9 Å². The van der Waals surface area contributed by atoms with Crippen LogP contribution in [0.4, 0.5) is 13.2 Å². The first-order valence-corrected chi connectivity index (χ1v) is 10.1. The van der Waals surface area contributed by atoms with Crippen LogP contribution in [0.1, 0.15) is 30.5 Å². The summed E-state index contributed by atoms with van der Waals surface area (Å²) < 4.78 is 44.0. The van der Waals surface area contributed by atoms with Crippen molar-refractivity contribution in [3.63, 3.8) is 0 Å². The normalized spacial score (nSPS) is 21.3. The Hall–Kier alpha value is -1.90. The molecule has 8 heteroatoms. The van der Waals surface area contributed by atoms with Gasteiger partial charge < -0.3 is 4.74 Å². The van der Waals surface area contributed by atoms with Gasteiger partial charge in [0, 0.05) is 30.0 Å². The van der Waals surface area contributed by atoms with E-state index in [2.05, 4.69) is 5.18 Å². The van der Waals surface area contributed by atoms with Crippen LogP contribution in [-0.2, 0) is 10.3 Å². The fourth-order valence-electron chi connectivity index (χ4n) is 3.62. The van der Waals surface area contributed by atoms with Crippen molar-refractivity contribution in [2.45, 2.75) is 41.0 Å². The average Bonchev–Trinajstić information content (AvgIpc) is 3.11. The quantitative estimate of drug-likeness (QED) is 0.529. The minimum Gasteiger partial charge on any atom is -0.372 e. The summed E-state index contributed by atoms with van der Waals surface area (Å²) in [5.41, 5.74) is 0.994. The molecule has 4 nitrogen and oxygen atoms in total. The van der Waals surface area contributed by atoms with Crippen molar-refractivity contribution in [2.24, 2.45) is 5.18 Å². The molecule has 1 aliphatic rings. The summed E-state index contributed by atoms with van der Waals surface area (Å²) >= 11 is 1.55. The lowest BCUT2D eigenvalue weighted by Crippen LogP contribution is -2.37. The maximum absolute atomic E-state index is 12.8. The van der Waals surface area contributed by atoms with Gasteiger partial charge >= 0.3 is 6.18 Å². The van der Waals surface area contributed by atoms with E-state index in [1.807, 2.05) is 48.5 Å². The molecule has 156 valence electrons. The van der Waals surface area contributed by atoms with E-state index in [0.29, 0.717) is 13.0 Å². The van der Waals surface area contributed by atoms with Crippen LogP contribution in [0.5, 0.6) is 0 Å². The number of nitroso groups, excluding NO2 is 1. The molecular weight excluding hydrogens is 401 g/mol. The van der Waals surface area contributed by atoms with Crippen LogP contribution < -0.4 is 0 Å². The van der Waals surface area contributed by atoms with Gasteiger partial charge in [0.15, 0.2) is 0 Å². The molecule has 0 N–H and O–H groups in total. The molecule has 1 fully saturated rings. The lowest BCUT2D eigenvalue weighted by atomic mass is 9.93. The van der Waals surface area contributed by atoms with Crippen molar-refractivity contribution >= 4 is 11.8 Å². The Labute approximate surface area is 172 Å². The molecule has 0 spiro atoms. The van der Waals surface area contributed by atoms with Gasteiger partial charge in [-0.1, -0.05) is 41.2 Å². The van der Waals surface area contributed by atoms with E-state index < -0.39 is 18.3 Å². The summed E-state index contributed by atoms with van der Waals surface area (Å²) in [6, 6.07) is 15.0. The second kappa shape index (κ2) is 8.85. The maximum atomic E-state index is 12.8. The summed E-state index contributed by atoms with van der Waals surface area (Å²) in [6.07, 6.45) is -3.70. The van der Waals surface area contributed by atoms with Crippen LogP contribution in [0.15, 0.2) is 63.5 Å². The van der Waals surface area contributed by atoms with Crippen molar-refractivity contribution in [1.29, 1.82) is 0 Å². The third kappa shape index (κ3) is 5.38. The molecule has 0 radical (unpaired) electrons. The summed E-state index contributed by atoms with van der Waals surface area (Å²) in [5, 5.41) is 3.03. The lowest BCUT2D eigenvalue weighted by Gasteiger charge is -2.29. The number of rotatable bonds is 7. The highest BCUT2D eigenvalue weighted by atomic mass is 32.2. The van der Waals surface area contributed by atoms with E-state index in [4.69, 9.17) is 4.74 Å². The molecule has 2 aromatic rings. The monoisotopic (exact) mass is 424 g/mol. The molecule has 1 saturated heterocycles.